The lowest BCUT2D eigenvalue weighted by molar-refractivity contribution is -0.116. The molecule has 7 heteroatoms. The lowest BCUT2D eigenvalue weighted by Crippen LogP contribution is -2.12. The summed E-state index contributed by atoms with van der Waals surface area (Å²) in [6, 6.07) is 3.86. The Labute approximate surface area is 116 Å². The number of halogens is 1. The highest BCUT2D eigenvalue weighted by Gasteiger charge is 2.06. The van der Waals surface area contributed by atoms with Gasteiger partial charge in [-0.05, 0) is 36.6 Å². The van der Waals surface area contributed by atoms with Crippen LogP contribution in [0.2, 0.25) is 0 Å². The van der Waals surface area contributed by atoms with Crippen molar-refractivity contribution in [2.45, 2.75) is 32.1 Å². The first-order valence-electron chi connectivity index (χ1n) is 6.49. The van der Waals surface area contributed by atoms with Gasteiger partial charge in [0, 0.05) is 17.9 Å². The van der Waals surface area contributed by atoms with E-state index in [2.05, 4.69) is 15.3 Å². The molecule has 0 aliphatic carbocycles. The smallest absolute Gasteiger partial charge is 0.224 e. The van der Waals surface area contributed by atoms with E-state index in [4.69, 9.17) is 11.3 Å². The minimum absolute atomic E-state index is 0.183. The number of anilines is 2. The van der Waals surface area contributed by atoms with Crippen LogP contribution in [0.15, 0.2) is 23.3 Å². The zero-order chi connectivity index (χ0) is 14.8. The van der Waals surface area contributed by atoms with Gasteiger partial charge in [-0.15, -0.1) is 0 Å². The topological polar surface area (TPSA) is 104 Å². The van der Waals surface area contributed by atoms with Gasteiger partial charge < -0.3 is 11.1 Å². The summed E-state index contributed by atoms with van der Waals surface area (Å²) < 4.78 is 13.0. The summed E-state index contributed by atoms with van der Waals surface area (Å²) in [5.74, 6) is -0.620. The number of nitrogens with two attached hydrogens (primary N) is 1. The van der Waals surface area contributed by atoms with Gasteiger partial charge in [0.25, 0.3) is 0 Å². The highest BCUT2D eigenvalue weighted by molar-refractivity contribution is 5.93. The molecular weight excluding hydrogens is 261 g/mol. The molecule has 0 saturated heterocycles. The Morgan fingerprint density at radius 1 is 1.35 bits per heavy atom. The Balaban J connectivity index is 2.23. The van der Waals surface area contributed by atoms with Crippen molar-refractivity contribution in [3.05, 3.63) is 34.5 Å². The first-order valence-corrected chi connectivity index (χ1v) is 6.49. The van der Waals surface area contributed by atoms with Crippen LogP contribution in [0.5, 0.6) is 0 Å². The monoisotopic (exact) mass is 279 g/mol. The van der Waals surface area contributed by atoms with Crippen molar-refractivity contribution >= 4 is 17.3 Å². The van der Waals surface area contributed by atoms with Crippen LogP contribution in [0.25, 0.3) is 10.4 Å². The molecule has 0 radical (unpaired) electrons. The second kappa shape index (κ2) is 8.77. The van der Waals surface area contributed by atoms with Crippen LogP contribution < -0.4 is 11.1 Å². The minimum Gasteiger partial charge on any atom is -0.397 e. The number of nitrogen functional groups attached to an aromatic ring is 1. The number of unbranched alkanes of at least 4 members (excludes halogenated alkanes) is 3. The first kappa shape index (κ1) is 15.8. The van der Waals surface area contributed by atoms with E-state index in [0.29, 0.717) is 24.3 Å². The van der Waals surface area contributed by atoms with Crippen molar-refractivity contribution in [1.29, 1.82) is 0 Å². The first-order chi connectivity index (χ1) is 9.63. The number of rotatable bonds is 8. The number of benzene rings is 1. The van der Waals surface area contributed by atoms with Gasteiger partial charge in [-0.1, -0.05) is 18.0 Å². The fourth-order valence-electron chi connectivity index (χ4n) is 1.72. The predicted octanol–water partition coefficient (Wildman–Crippen LogP) is 3.61. The van der Waals surface area contributed by atoms with Gasteiger partial charge in [-0.2, -0.15) is 0 Å². The van der Waals surface area contributed by atoms with E-state index in [0.717, 1.165) is 25.7 Å². The molecule has 0 spiro atoms. The molecule has 0 atom stereocenters. The van der Waals surface area contributed by atoms with Crippen molar-refractivity contribution < 1.29 is 9.18 Å². The molecule has 1 amide bonds. The number of nitrogens with one attached hydrogen (secondary N) is 1. The molecule has 6 nitrogen and oxygen atoms in total. The molecule has 1 rings (SSSR count). The van der Waals surface area contributed by atoms with E-state index >= 15 is 0 Å². The van der Waals surface area contributed by atoms with Crippen LogP contribution >= 0.6 is 0 Å². The number of azide groups is 1. The summed E-state index contributed by atoms with van der Waals surface area (Å²) in [6.45, 7) is 0.489. The molecule has 0 aliphatic heterocycles. The van der Waals surface area contributed by atoms with Crippen LogP contribution in [0.1, 0.15) is 32.1 Å². The Kier molecular flexibility index (Phi) is 6.92. The highest BCUT2D eigenvalue weighted by Crippen LogP contribution is 2.19. The van der Waals surface area contributed by atoms with Gasteiger partial charge in [-0.25, -0.2) is 4.39 Å². The Morgan fingerprint density at radius 3 is 2.85 bits per heavy atom. The molecule has 0 bridgehead atoms. The highest BCUT2D eigenvalue weighted by atomic mass is 19.1. The molecule has 0 heterocycles. The minimum atomic E-state index is -0.437. The summed E-state index contributed by atoms with van der Waals surface area (Å²) in [6.07, 6.45) is 3.71. The maximum absolute atomic E-state index is 13.0. The van der Waals surface area contributed by atoms with Gasteiger partial charge in [0.15, 0.2) is 0 Å². The standard InChI is InChI=1S/C13H18FN5O/c14-10-6-7-11(15)12(9-10)18-13(20)5-3-1-2-4-8-17-19-16/h6-7,9H,1-5,8,15H2,(H,18,20). The SMILES string of the molecule is [N-]=[N+]=NCCCCCCC(=O)Nc1cc(F)ccc1N. The summed E-state index contributed by atoms with van der Waals surface area (Å²) in [7, 11) is 0. The summed E-state index contributed by atoms with van der Waals surface area (Å²) in [4.78, 5) is 14.3. The van der Waals surface area contributed by atoms with Crippen LogP contribution in [0, 0.1) is 5.82 Å². The molecule has 20 heavy (non-hydrogen) atoms. The summed E-state index contributed by atoms with van der Waals surface area (Å²) in [5, 5.41) is 6.02. The second-order valence-corrected chi connectivity index (χ2v) is 4.40. The van der Waals surface area contributed by atoms with E-state index in [1.165, 1.54) is 18.2 Å². The fraction of sp³-hybridized carbons (Fsp3) is 0.462. The normalized spacial score (nSPS) is 9.85. The predicted molar refractivity (Wildman–Crippen MR) is 76.5 cm³/mol. The average molecular weight is 279 g/mol. The molecule has 1 aromatic rings. The molecular formula is C13H18FN5O. The maximum Gasteiger partial charge on any atom is 0.224 e. The van der Waals surface area contributed by atoms with Crippen LogP contribution in [-0.4, -0.2) is 12.5 Å². The van der Waals surface area contributed by atoms with Crippen LogP contribution in [0.4, 0.5) is 15.8 Å². The quantitative estimate of drug-likeness (QED) is 0.249. The van der Waals surface area contributed by atoms with Crippen molar-refractivity contribution in [2.75, 3.05) is 17.6 Å². The zero-order valence-electron chi connectivity index (χ0n) is 11.2. The summed E-state index contributed by atoms with van der Waals surface area (Å²) >= 11 is 0. The van der Waals surface area contributed by atoms with E-state index in [9.17, 15) is 9.18 Å². The molecule has 0 fully saturated rings. The largest absolute Gasteiger partial charge is 0.397 e. The fourth-order valence-corrected chi connectivity index (χ4v) is 1.72. The molecule has 1 aromatic carbocycles. The van der Waals surface area contributed by atoms with Gasteiger partial charge in [-0.3, -0.25) is 4.79 Å². The molecule has 108 valence electrons. The molecule has 0 aromatic heterocycles. The van der Waals surface area contributed by atoms with Gasteiger partial charge in [0.1, 0.15) is 5.82 Å². The number of carbonyl (C=O) groups is 1. The van der Waals surface area contributed by atoms with E-state index < -0.39 is 5.82 Å². The second-order valence-electron chi connectivity index (χ2n) is 4.40. The number of nitrogens with zero attached hydrogens (tertiary/aromatic N) is 3. The van der Waals surface area contributed by atoms with Crippen LogP contribution in [0.3, 0.4) is 0 Å². The van der Waals surface area contributed by atoms with Crippen molar-refractivity contribution in [3.63, 3.8) is 0 Å². The lowest BCUT2D eigenvalue weighted by Gasteiger charge is -2.08. The van der Waals surface area contributed by atoms with Gasteiger partial charge in [0.2, 0.25) is 5.91 Å². The Morgan fingerprint density at radius 2 is 2.10 bits per heavy atom. The molecule has 0 saturated carbocycles. The number of hydrogen-bond acceptors (Lipinski definition) is 3. The van der Waals surface area contributed by atoms with E-state index in [-0.39, 0.29) is 5.91 Å². The van der Waals surface area contributed by atoms with Gasteiger partial charge >= 0.3 is 0 Å². The zero-order valence-corrected chi connectivity index (χ0v) is 11.2. The Hall–Kier alpha value is -2.27. The average Bonchev–Trinajstić information content (AvgIpc) is 2.42. The van der Waals surface area contributed by atoms with E-state index in [1.54, 1.807) is 0 Å². The lowest BCUT2D eigenvalue weighted by atomic mass is 10.1. The maximum atomic E-state index is 13.0. The van der Waals surface area contributed by atoms with Crippen molar-refractivity contribution in [3.8, 4) is 0 Å². The number of hydrogen-bond donors (Lipinski definition) is 2. The summed E-state index contributed by atoms with van der Waals surface area (Å²) in [5.41, 5.74) is 14.4. The Bertz CT molecular complexity index is 500. The molecule has 0 unspecified atom stereocenters. The third-order valence-electron chi connectivity index (χ3n) is 2.76. The third kappa shape index (κ3) is 6.06. The van der Waals surface area contributed by atoms with Crippen molar-refractivity contribution in [1.82, 2.24) is 0 Å². The number of carbonyl (C=O) groups excluding carboxylic acids is 1. The van der Waals surface area contributed by atoms with Crippen molar-refractivity contribution in [2.24, 2.45) is 5.11 Å². The van der Waals surface area contributed by atoms with E-state index in [1.807, 2.05) is 0 Å². The molecule has 3 N–H and O–H groups in total. The van der Waals surface area contributed by atoms with Gasteiger partial charge in [0.05, 0.1) is 11.4 Å². The number of amides is 1. The molecule has 0 aliphatic rings. The third-order valence-corrected chi connectivity index (χ3v) is 2.76. The van der Waals surface area contributed by atoms with Crippen LogP contribution in [-0.2, 0) is 4.79 Å².